The zero-order valence-corrected chi connectivity index (χ0v) is 13.9. The van der Waals surface area contributed by atoms with Crippen LogP contribution in [0.1, 0.15) is 18.4 Å². The number of halogens is 1. The molecule has 4 rings (SSSR count). The molecule has 0 saturated carbocycles. The number of benzene rings is 1. The minimum absolute atomic E-state index is 0.247. The molecule has 2 aromatic heterocycles. The van der Waals surface area contributed by atoms with Crippen molar-refractivity contribution >= 4 is 28.6 Å². The van der Waals surface area contributed by atoms with E-state index in [1.165, 1.54) is 0 Å². The molecule has 0 radical (unpaired) electrons. The van der Waals surface area contributed by atoms with Gasteiger partial charge in [0.2, 0.25) is 0 Å². The van der Waals surface area contributed by atoms with Crippen LogP contribution in [-0.4, -0.2) is 32.2 Å². The van der Waals surface area contributed by atoms with Crippen LogP contribution in [0.5, 0.6) is 0 Å². The van der Waals surface area contributed by atoms with E-state index in [2.05, 4.69) is 20.3 Å². The van der Waals surface area contributed by atoms with Crippen molar-refractivity contribution in [3.05, 3.63) is 47.5 Å². The van der Waals surface area contributed by atoms with Gasteiger partial charge in [-0.05, 0) is 24.5 Å². The number of rotatable bonds is 5. The van der Waals surface area contributed by atoms with Gasteiger partial charge in [0.05, 0.1) is 19.0 Å². The number of imidazole rings is 1. The number of fused-ring (bicyclic) bond motifs is 1. The molecule has 3 aromatic rings. The number of hydrogen-bond acceptors (Lipinski definition) is 5. The highest BCUT2D eigenvalue weighted by Crippen LogP contribution is 2.22. The van der Waals surface area contributed by atoms with E-state index in [0.29, 0.717) is 12.4 Å². The van der Waals surface area contributed by atoms with Crippen LogP contribution in [0.3, 0.4) is 0 Å². The van der Waals surface area contributed by atoms with Gasteiger partial charge in [0.25, 0.3) is 0 Å². The van der Waals surface area contributed by atoms with E-state index >= 15 is 0 Å². The third-order valence-electron chi connectivity index (χ3n) is 4.23. The molecule has 1 aromatic carbocycles. The van der Waals surface area contributed by atoms with Crippen LogP contribution >= 0.6 is 11.6 Å². The highest BCUT2D eigenvalue weighted by Gasteiger charge is 2.18. The number of nitrogens with one attached hydrogen (secondary N) is 1. The number of hydrogen-bond donors (Lipinski definition) is 1. The Labute approximate surface area is 144 Å². The molecule has 1 N–H and O–H groups in total. The predicted octanol–water partition coefficient (Wildman–Crippen LogP) is 3.27. The first-order valence-electron chi connectivity index (χ1n) is 8.06. The second-order valence-corrected chi connectivity index (χ2v) is 6.28. The van der Waals surface area contributed by atoms with E-state index in [4.69, 9.17) is 16.3 Å². The Kier molecular flexibility index (Phi) is 4.32. The van der Waals surface area contributed by atoms with Crippen LogP contribution in [0.4, 0.5) is 5.82 Å². The molecular formula is C17H18ClN5O. The van der Waals surface area contributed by atoms with Crippen LogP contribution in [0.15, 0.2) is 36.9 Å². The van der Waals surface area contributed by atoms with E-state index in [0.717, 1.165) is 47.7 Å². The first kappa shape index (κ1) is 15.4. The topological polar surface area (TPSA) is 64.9 Å². The van der Waals surface area contributed by atoms with Gasteiger partial charge >= 0.3 is 0 Å². The first-order chi connectivity index (χ1) is 11.8. The van der Waals surface area contributed by atoms with Gasteiger partial charge in [-0.2, -0.15) is 0 Å². The van der Waals surface area contributed by atoms with Crippen LogP contribution < -0.4 is 5.32 Å². The summed E-state index contributed by atoms with van der Waals surface area (Å²) in [4.78, 5) is 13.2. The Morgan fingerprint density at radius 2 is 2.17 bits per heavy atom. The van der Waals surface area contributed by atoms with Gasteiger partial charge in [-0.25, -0.2) is 15.0 Å². The van der Waals surface area contributed by atoms with Crippen molar-refractivity contribution in [3.63, 3.8) is 0 Å². The molecule has 7 heteroatoms. The molecule has 1 atom stereocenters. The van der Waals surface area contributed by atoms with Crippen LogP contribution in [0.2, 0.25) is 5.02 Å². The third-order valence-corrected chi connectivity index (χ3v) is 4.60. The van der Waals surface area contributed by atoms with Crippen molar-refractivity contribution in [2.45, 2.75) is 32.0 Å². The summed E-state index contributed by atoms with van der Waals surface area (Å²) in [5.41, 5.74) is 2.61. The second-order valence-electron chi connectivity index (χ2n) is 5.87. The summed E-state index contributed by atoms with van der Waals surface area (Å²) in [6.45, 7) is 2.21. The second kappa shape index (κ2) is 6.75. The molecule has 1 aliphatic rings. The Morgan fingerprint density at radius 3 is 3.00 bits per heavy atom. The normalized spacial score (nSPS) is 17.5. The van der Waals surface area contributed by atoms with Crippen molar-refractivity contribution in [3.8, 4) is 0 Å². The largest absolute Gasteiger partial charge is 0.376 e. The molecule has 1 saturated heterocycles. The van der Waals surface area contributed by atoms with Crippen LogP contribution in [-0.2, 0) is 17.8 Å². The minimum atomic E-state index is 0.247. The molecule has 1 fully saturated rings. The van der Waals surface area contributed by atoms with Gasteiger partial charge in [0.15, 0.2) is 11.5 Å². The lowest BCUT2D eigenvalue weighted by Gasteiger charge is -2.11. The molecule has 0 aliphatic carbocycles. The Morgan fingerprint density at radius 1 is 1.25 bits per heavy atom. The molecule has 6 nitrogen and oxygen atoms in total. The number of aromatic nitrogens is 4. The highest BCUT2D eigenvalue weighted by atomic mass is 35.5. The monoisotopic (exact) mass is 343 g/mol. The molecule has 0 bridgehead atoms. The maximum atomic E-state index is 6.20. The van der Waals surface area contributed by atoms with E-state index in [1.54, 1.807) is 6.33 Å². The highest BCUT2D eigenvalue weighted by molar-refractivity contribution is 6.31. The summed E-state index contributed by atoms with van der Waals surface area (Å²) < 4.78 is 7.74. The number of nitrogens with zero attached hydrogens (tertiary/aromatic N) is 4. The quantitative estimate of drug-likeness (QED) is 0.770. The van der Waals surface area contributed by atoms with Gasteiger partial charge in [-0.3, -0.25) is 0 Å². The molecule has 0 amide bonds. The summed E-state index contributed by atoms with van der Waals surface area (Å²) in [6, 6.07) is 7.75. The molecular weight excluding hydrogens is 326 g/mol. The average molecular weight is 344 g/mol. The van der Waals surface area contributed by atoms with Gasteiger partial charge < -0.3 is 14.6 Å². The number of ether oxygens (including phenoxy) is 1. The molecule has 1 unspecified atom stereocenters. The summed E-state index contributed by atoms with van der Waals surface area (Å²) in [5.74, 6) is 0.714. The fourth-order valence-electron chi connectivity index (χ4n) is 2.97. The SMILES string of the molecule is Clc1ccccc1CNc1ncnc2c1ncn2CC1CCCO1. The smallest absolute Gasteiger partial charge is 0.165 e. The molecule has 124 valence electrons. The molecule has 1 aliphatic heterocycles. The molecule has 24 heavy (non-hydrogen) atoms. The zero-order chi connectivity index (χ0) is 16.4. The van der Waals surface area contributed by atoms with Crippen molar-refractivity contribution < 1.29 is 4.74 Å². The molecule has 0 spiro atoms. The zero-order valence-electron chi connectivity index (χ0n) is 13.2. The first-order valence-corrected chi connectivity index (χ1v) is 8.44. The summed E-state index contributed by atoms with van der Waals surface area (Å²) in [5, 5.41) is 4.04. The van der Waals surface area contributed by atoms with Crippen molar-refractivity contribution in [2.24, 2.45) is 0 Å². The van der Waals surface area contributed by atoms with Crippen molar-refractivity contribution in [1.29, 1.82) is 0 Å². The lowest BCUT2D eigenvalue weighted by molar-refractivity contribution is 0.0978. The Balaban J connectivity index is 1.55. The molecule has 3 heterocycles. The van der Waals surface area contributed by atoms with Crippen molar-refractivity contribution in [2.75, 3.05) is 11.9 Å². The fourth-order valence-corrected chi connectivity index (χ4v) is 3.17. The van der Waals surface area contributed by atoms with E-state index in [-0.39, 0.29) is 6.10 Å². The minimum Gasteiger partial charge on any atom is -0.376 e. The fraction of sp³-hybridized carbons (Fsp3) is 0.353. The Hall–Kier alpha value is -2.18. The van der Waals surface area contributed by atoms with E-state index in [9.17, 15) is 0 Å². The lowest BCUT2D eigenvalue weighted by Crippen LogP contribution is -2.14. The number of anilines is 1. The van der Waals surface area contributed by atoms with Crippen LogP contribution in [0, 0.1) is 0 Å². The maximum Gasteiger partial charge on any atom is 0.165 e. The van der Waals surface area contributed by atoms with E-state index < -0.39 is 0 Å². The predicted molar refractivity (Wildman–Crippen MR) is 93.1 cm³/mol. The van der Waals surface area contributed by atoms with Crippen LogP contribution in [0.25, 0.3) is 11.2 Å². The standard InChI is InChI=1S/C17H18ClN5O/c18-14-6-2-1-4-12(14)8-19-16-15-17(21-10-20-16)23(11-22-15)9-13-5-3-7-24-13/h1-2,4,6,10-11,13H,3,5,7-9H2,(H,19,20,21). The summed E-state index contributed by atoms with van der Waals surface area (Å²) in [6.07, 6.45) is 5.82. The van der Waals surface area contributed by atoms with Gasteiger partial charge in [0, 0.05) is 18.2 Å². The summed E-state index contributed by atoms with van der Waals surface area (Å²) in [7, 11) is 0. The maximum absolute atomic E-state index is 6.20. The van der Waals surface area contributed by atoms with Gasteiger partial charge in [-0.15, -0.1) is 0 Å². The van der Waals surface area contributed by atoms with Gasteiger partial charge in [0.1, 0.15) is 11.8 Å². The van der Waals surface area contributed by atoms with Crippen molar-refractivity contribution in [1.82, 2.24) is 19.5 Å². The Bertz CT molecular complexity index is 844. The van der Waals surface area contributed by atoms with Gasteiger partial charge in [-0.1, -0.05) is 29.8 Å². The average Bonchev–Trinajstić information content (AvgIpc) is 3.25. The lowest BCUT2D eigenvalue weighted by atomic mass is 10.2. The third kappa shape index (κ3) is 3.07. The van der Waals surface area contributed by atoms with E-state index in [1.807, 2.05) is 35.2 Å². The summed E-state index contributed by atoms with van der Waals surface area (Å²) >= 11 is 6.20.